The highest BCUT2D eigenvalue weighted by atomic mass is 16.3. The Labute approximate surface area is 269 Å². The first kappa shape index (κ1) is 25.7. The lowest BCUT2D eigenvalue weighted by Gasteiger charge is -2.17. The van der Waals surface area contributed by atoms with Gasteiger partial charge in [-0.2, -0.15) is 0 Å². The van der Waals surface area contributed by atoms with E-state index in [9.17, 15) is 0 Å². The molecule has 4 nitrogen and oxygen atoms in total. The summed E-state index contributed by atoms with van der Waals surface area (Å²) in [7, 11) is 0. The molecule has 0 aliphatic carbocycles. The SMILES string of the molecule is [C-]#[N+]c1cccc(-c2cccc(-n3c4ccccc4c4ccc5c6ccccc6oc5c43)c2)c1-n1c2ccccc2c2ccccc21. The average Bonchev–Trinajstić information content (AvgIpc) is 3.79. The maximum Gasteiger partial charge on any atom is 0.211 e. The summed E-state index contributed by atoms with van der Waals surface area (Å²) in [6.45, 7) is 8.22. The molecule has 10 aromatic rings. The van der Waals surface area contributed by atoms with Crippen molar-refractivity contribution in [1.29, 1.82) is 0 Å². The van der Waals surface area contributed by atoms with Crippen LogP contribution in [-0.2, 0) is 0 Å². The van der Waals surface area contributed by atoms with Gasteiger partial charge in [0.15, 0.2) is 5.58 Å². The van der Waals surface area contributed by atoms with Gasteiger partial charge < -0.3 is 13.6 Å². The summed E-state index contributed by atoms with van der Waals surface area (Å²) in [5.41, 5.74) is 10.7. The van der Waals surface area contributed by atoms with Crippen LogP contribution in [0, 0.1) is 6.57 Å². The van der Waals surface area contributed by atoms with Gasteiger partial charge >= 0.3 is 0 Å². The zero-order valence-corrected chi connectivity index (χ0v) is 25.2. The highest BCUT2D eigenvalue weighted by molar-refractivity contribution is 6.21. The fourth-order valence-corrected chi connectivity index (χ4v) is 7.56. The van der Waals surface area contributed by atoms with E-state index in [0.717, 1.165) is 71.9 Å². The van der Waals surface area contributed by atoms with Crippen molar-refractivity contribution in [2.75, 3.05) is 0 Å². The minimum Gasteiger partial charge on any atom is -0.454 e. The summed E-state index contributed by atoms with van der Waals surface area (Å²) in [6.07, 6.45) is 0. The second-order valence-corrected chi connectivity index (χ2v) is 12.0. The summed E-state index contributed by atoms with van der Waals surface area (Å²) >= 11 is 0. The molecule has 3 heterocycles. The molecule has 0 bridgehead atoms. The van der Waals surface area contributed by atoms with Crippen LogP contribution < -0.4 is 0 Å². The lowest BCUT2D eigenvalue weighted by molar-refractivity contribution is 0.671. The fraction of sp³-hybridized carbons (Fsp3) is 0. The van der Waals surface area contributed by atoms with Crippen molar-refractivity contribution < 1.29 is 4.42 Å². The van der Waals surface area contributed by atoms with Gasteiger partial charge in [-0.1, -0.05) is 109 Å². The average molecular weight is 600 g/mol. The monoisotopic (exact) mass is 599 g/mol. The van der Waals surface area contributed by atoms with E-state index in [1.165, 1.54) is 16.2 Å². The molecule has 218 valence electrons. The van der Waals surface area contributed by atoms with Crippen LogP contribution in [0.5, 0.6) is 0 Å². The van der Waals surface area contributed by atoms with E-state index >= 15 is 0 Å². The van der Waals surface area contributed by atoms with Gasteiger partial charge in [0.05, 0.1) is 34.3 Å². The molecule has 0 N–H and O–H groups in total. The molecule has 0 radical (unpaired) electrons. The second kappa shape index (κ2) is 9.71. The molecule has 0 amide bonds. The summed E-state index contributed by atoms with van der Waals surface area (Å²) in [5, 5.41) is 6.88. The predicted octanol–water partition coefficient (Wildman–Crippen LogP) is 12.0. The van der Waals surface area contributed by atoms with Gasteiger partial charge in [0, 0.05) is 38.0 Å². The Morgan fingerprint density at radius 3 is 1.81 bits per heavy atom. The summed E-state index contributed by atoms with van der Waals surface area (Å²) in [5.74, 6) is 0. The summed E-state index contributed by atoms with van der Waals surface area (Å²) in [6, 6.07) is 52.8. The van der Waals surface area contributed by atoms with Gasteiger partial charge in [-0.15, -0.1) is 0 Å². The highest BCUT2D eigenvalue weighted by Crippen LogP contribution is 2.43. The third kappa shape index (κ3) is 3.57. The molecule has 3 aromatic heterocycles. The molecule has 0 aliphatic heterocycles. The third-order valence-corrected chi connectivity index (χ3v) is 9.53. The number of benzene rings is 7. The second-order valence-electron chi connectivity index (χ2n) is 12.0. The van der Waals surface area contributed by atoms with E-state index in [2.05, 4.69) is 141 Å². The van der Waals surface area contributed by atoms with Gasteiger partial charge in [0.2, 0.25) is 5.69 Å². The van der Waals surface area contributed by atoms with Gasteiger partial charge in [0.1, 0.15) is 5.58 Å². The topological polar surface area (TPSA) is 27.4 Å². The molecule has 10 rings (SSSR count). The molecular weight excluding hydrogens is 574 g/mol. The van der Waals surface area contributed by atoms with Crippen molar-refractivity contribution in [2.45, 2.75) is 0 Å². The van der Waals surface area contributed by atoms with E-state index in [1.54, 1.807) is 0 Å². The van der Waals surface area contributed by atoms with Crippen LogP contribution in [0.1, 0.15) is 0 Å². The normalized spacial score (nSPS) is 11.8. The maximum absolute atomic E-state index is 8.22. The minimum absolute atomic E-state index is 0.611. The van der Waals surface area contributed by atoms with Gasteiger partial charge in [-0.05, 0) is 53.6 Å². The van der Waals surface area contributed by atoms with E-state index in [0.29, 0.717) is 5.69 Å². The number of furan rings is 1. The first-order chi connectivity index (χ1) is 23.3. The van der Waals surface area contributed by atoms with Crippen LogP contribution in [0.2, 0.25) is 0 Å². The van der Waals surface area contributed by atoms with Crippen molar-refractivity contribution in [3.63, 3.8) is 0 Å². The fourth-order valence-electron chi connectivity index (χ4n) is 7.56. The number of para-hydroxylation sites is 5. The third-order valence-electron chi connectivity index (χ3n) is 9.53. The van der Waals surface area contributed by atoms with Crippen molar-refractivity contribution in [2.24, 2.45) is 0 Å². The number of aromatic nitrogens is 2. The Balaban J connectivity index is 1.28. The van der Waals surface area contributed by atoms with Crippen LogP contribution in [0.3, 0.4) is 0 Å². The van der Waals surface area contributed by atoms with E-state index in [-0.39, 0.29) is 0 Å². The van der Waals surface area contributed by atoms with Crippen LogP contribution in [-0.4, -0.2) is 9.13 Å². The smallest absolute Gasteiger partial charge is 0.211 e. The van der Waals surface area contributed by atoms with Crippen LogP contribution >= 0.6 is 0 Å². The molecule has 0 unspecified atom stereocenters. The molecule has 0 saturated heterocycles. The van der Waals surface area contributed by atoms with E-state index in [4.69, 9.17) is 11.0 Å². The molecule has 0 atom stereocenters. The lowest BCUT2D eigenvalue weighted by atomic mass is 10.0. The Kier molecular flexibility index (Phi) is 5.32. The van der Waals surface area contributed by atoms with Gasteiger partial charge in [0.25, 0.3) is 0 Å². The largest absolute Gasteiger partial charge is 0.454 e. The van der Waals surface area contributed by atoms with Gasteiger partial charge in [-0.25, -0.2) is 4.85 Å². The quantitative estimate of drug-likeness (QED) is 0.186. The first-order valence-corrected chi connectivity index (χ1v) is 15.7. The lowest BCUT2D eigenvalue weighted by Crippen LogP contribution is -1.99. The van der Waals surface area contributed by atoms with Crippen LogP contribution in [0.15, 0.2) is 156 Å². The van der Waals surface area contributed by atoms with Crippen molar-refractivity contribution in [1.82, 2.24) is 9.13 Å². The van der Waals surface area contributed by atoms with Crippen molar-refractivity contribution in [3.8, 4) is 22.5 Å². The number of nitrogens with zero attached hydrogens (tertiary/aromatic N) is 3. The predicted molar refractivity (Wildman–Crippen MR) is 194 cm³/mol. The zero-order chi connectivity index (χ0) is 31.1. The Morgan fingerprint density at radius 2 is 1.09 bits per heavy atom. The van der Waals surface area contributed by atoms with Gasteiger partial charge in [-0.3, -0.25) is 0 Å². The Bertz CT molecular complexity index is 2880. The molecular formula is C43H25N3O. The molecule has 47 heavy (non-hydrogen) atoms. The first-order valence-electron chi connectivity index (χ1n) is 15.7. The molecule has 7 aromatic carbocycles. The number of fused-ring (bicyclic) bond motifs is 10. The molecule has 0 fully saturated rings. The van der Waals surface area contributed by atoms with E-state index < -0.39 is 0 Å². The highest BCUT2D eigenvalue weighted by Gasteiger charge is 2.21. The minimum atomic E-state index is 0.611. The Hall–Kier alpha value is -6.57. The standard InChI is InChI=1S/C43H25N3O/c1-44-36-19-11-18-29(41(36)46-38-21-7-2-14-30(38)31-15-3-8-22-39(31)46)27-12-10-13-28(26-27)45-37-20-6-4-16-32(37)34-24-25-35-33-17-5-9-23-40(33)47-43(35)42(34)45/h2-26H. The number of hydrogen-bond donors (Lipinski definition) is 0. The maximum atomic E-state index is 8.22. The zero-order valence-electron chi connectivity index (χ0n) is 25.2. The summed E-state index contributed by atoms with van der Waals surface area (Å²) < 4.78 is 11.2. The van der Waals surface area contributed by atoms with E-state index in [1.807, 2.05) is 24.3 Å². The molecule has 0 saturated carbocycles. The number of rotatable bonds is 3. The van der Waals surface area contributed by atoms with Crippen LogP contribution in [0.25, 0.3) is 92.9 Å². The van der Waals surface area contributed by atoms with Crippen LogP contribution in [0.4, 0.5) is 5.69 Å². The summed E-state index contributed by atoms with van der Waals surface area (Å²) in [4.78, 5) is 4.05. The molecule has 4 heteroatoms. The van der Waals surface area contributed by atoms with Crippen molar-refractivity contribution in [3.05, 3.63) is 163 Å². The number of hydrogen-bond acceptors (Lipinski definition) is 1. The Morgan fingerprint density at radius 1 is 0.489 bits per heavy atom. The van der Waals surface area contributed by atoms with Crippen molar-refractivity contribution >= 4 is 71.2 Å². The molecule has 0 spiro atoms. The molecule has 0 aliphatic rings.